The lowest BCUT2D eigenvalue weighted by Gasteiger charge is -2.19. The average molecular weight is 180 g/mol. The van der Waals surface area contributed by atoms with Crippen LogP contribution in [0.4, 0.5) is 5.82 Å². The van der Waals surface area contributed by atoms with Gasteiger partial charge in [0.25, 0.3) is 0 Å². The number of nitrogens with zero attached hydrogens (tertiary/aromatic N) is 3. The maximum absolute atomic E-state index is 5.67. The van der Waals surface area contributed by atoms with Crippen LogP contribution in [0.25, 0.3) is 0 Å². The van der Waals surface area contributed by atoms with E-state index in [0.717, 1.165) is 18.1 Å². The fourth-order valence-corrected chi connectivity index (χ4v) is 1.12. The second-order valence-electron chi connectivity index (χ2n) is 3.39. The molecule has 1 heterocycles. The molecule has 1 aromatic heterocycles. The summed E-state index contributed by atoms with van der Waals surface area (Å²) in [4.78, 5) is 2.00. The Labute approximate surface area is 78.8 Å². The Morgan fingerprint density at radius 2 is 2.15 bits per heavy atom. The summed E-state index contributed by atoms with van der Waals surface area (Å²) in [6.07, 6.45) is 0. The molecular formula is C9H16N4. The Kier molecular flexibility index (Phi) is 3.19. The minimum Gasteiger partial charge on any atom is -0.357 e. The highest BCUT2D eigenvalue weighted by Gasteiger charge is 2.04. The molecule has 0 saturated carbocycles. The Hall–Kier alpha value is -1.16. The maximum atomic E-state index is 5.67. The summed E-state index contributed by atoms with van der Waals surface area (Å²) >= 11 is 0. The standard InChI is InChI=1S/C9H16N4/c1-7(10)6-13(3)9-5-4-8(2)11-12-9/h4-5,7H,6,10H2,1-3H3. The second-order valence-corrected chi connectivity index (χ2v) is 3.39. The highest BCUT2D eigenvalue weighted by Crippen LogP contribution is 2.06. The minimum absolute atomic E-state index is 0.146. The van der Waals surface area contributed by atoms with E-state index in [9.17, 15) is 0 Å². The van der Waals surface area contributed by atoms with E-state index >= 15 is 0 Å². The number of nitrogens with two attached hydrogens (primary N) is 1. The van der Waals surface area contributed by atoms with Crippen LogP contribution in [0.3, 0.4) is 0 Å². The Morgan fingerprint density at radius 1 is 1.46 bits per heavy atom. The normalized spacial score (nSPS) is 12.6. The maximum Gasteiger partial charge on any atom is 0.151 e. The SMILES string of the molecule is Cc1ccc(N(C)CC(C)N)nn1. The molecule has 1 unspecified atom stereocenters. The van der Waals surface area contributed by atoms with Gasteiger partial charge in [0.15, 0.2) is 5.82 Å². The fraction of sp³-hybridized carbons (Fsp3) is 0.556. The van der Waals surface area contributed by atoms with Gasteiger partial charge in [-0.1, -0.05) is 0 Å². The van der Waals surface area contributed by atoms with Gasteiger partial charge < -0.3 is 10.6 Å². The van der Waals surface area contributed by atoms with Crippen molar-refractivity contribution in [3.8, 4) is 0 Å². The number of likely N-dealkylation sites (N-methyl/N-ethyl adjacent to an activating group) is 1. The van der Waals surface area contributed by atoms with E-state index in [0.29, 0.717) is 0 Å². The molecule has 0 spiro atoms. The van der Waals surface area contributed by atoms with Crippen molar-refractivity contribution in [3.05, 3.63) is 17.8 Å². The van der Waals surface area contributed by atoms with Crippen molar-refractivity contribution in [1.82, 2.24) is 10.2 Å². The predicted molar refractivity (Wildman–Crippen MR) is 53.7 cm³/mol. The first-order valence-electron chi connectivity index (χ1n) is 4.36. The number of rotatable bonds is 3. The highest BCUT2D eigenvalue weighted by atomic mass is 15.2. The second kappa shape index (κ2) is 4.18. The molecule has 4 heteroatoms. The summed E-state index contributed by atoms with van der Waals surface area (Å²) in [6.45, 7) is 4.68. The van der Waals surface area contributed by atoms with E-state index in [1.807, 2.05) is 37.9 Å². The molecule has 2 N–H and O–H groups in total. The van der Waals surface area contributed by atoms with Gasteiger partial charge in [0, 0.05) is 19.6 Å². The molecule has 72 valence electrons. The molecule has 0 amide bonds. The van der Waals surface area contributed by atoms with Crippen LogP contribution in [0.1, 0.15) is 12.6 Å². The molecule has 0 saturated heterocycles. The molecular weight excluding hydrogens is 164 g/mol. The van der Waals surface area contributed by atoms with Crippen molar-refractivity contribution >= 4 is 5.82 Å². The van der Waals surface area contributed by atoms with Crippen LogP contribution in [0, 0.1) is 6.92 Å². The first-order valence-corrected chi connectivity index (χ1v) is 4.36. The molecule has 0 aromatic carbocycles. The van der Waals surface area contributed by atoms with Gasteiger partial charge in [-0.25, -0.2) is 0 Å². The zero-order valence-corrected chi connectivity index (χ0v) is 8.36. The Bertz CT molecular complexity index is 255. The first kappa shape index (κ1) is 9.92. The van der Waals surface area contributed by atoms with Crippen molar-refractivity contribution in [2.24, 2.45) is 5.73 Å². The Balaban J connectivity index is 2.66. The molecule has 0 fully saturated rings. The summed E-state index contributed by atoms with van der Waals surface area (Å²) in [7, 11) is 1.96. The number of aryl methyl sites for hydroxylation is 1. The number of hydrogen-bond donors (Lipinski definition) is 1. The molecule has 1 rings (SSSR count). The molecule has 1 aromatic rings. The number of hydrogen-bond acceptors (Lipinski definition) is 4. The molecule has 0 aliphatic heterocycles. The van der Waals surface area contributed by atoms with Crippen molar-refractivity contribution < 1.29 is 0 Å². The van der Waals surface area contributed by atoms with Gasteiger partial charge >= 0.3 is 0 Å². The number of aromatic nitrogens is 2. The summed E-state index contributed by atoms with van der Waals surface area (Å²) in [5.41, 5.74) is 6.60. The van der Waals surface area contributed by atoms with E-state index in [4.69, 9.17) is 5.73 Å². The first-order chi connectivity index (χ1) is 6.09. The Morgan fingerprint density at radius 3 is 2.62 bits per heavy atom. The largest absolute Gasteiger partial charge is 0.357 e. The quantitative estimate of drug-likeness (QED) is 0.738. The summed E-state index contributed by atoms with van der Waals surface area (Å²) in [6, 6.07) is 4.04. The van der Waals surface area contributed by atoms with E-state index < -0.39 is 0 Å². The van der Waals surface area contributed by atoms with E-state index in [2.05, 4.69) is 10.2 Å². The van der Waals surface area contributed by atoms with Crippen LogP contribution in [-0.2, 0) is 0 Å². The smallest absolute Gasteiger partial charge is 0.151 e. The van der Waals surface area contributed by atoms with Crippen LogP contribution in [0.15, 0.2) is 12.1 Å². The highest BCUT2D eigenvalue weighted by molar-refractivity contribution is 5.36. The van der Waals surface area contributed by atoms with Gasteiger partial charge in [-0.2, -0.15) is 5.10 Å². The van der Waals surface area contributed by atoms with Crippen molar-refractivity contribution in [2.45, 2.75) is 19.9 Å². The number of anilines is 1. The topological polar surface area (TPSA) is 55.0 Å². The van der Waals surface area contributed by atoms with Crippen LogP contribution >= 0.6 is 0 Å². The van der Waals surface area contributed by atoms with Gasteiger partial charge in [-0.05, 0) is 26.0 Å². The van der Waals surface area contributed by atoms with Crippen LogP contribution in [0.5, 0.6) is 0 Å². The molecule has 13 heavy (non-hydrogen) atoms. The molecule has 0 radical (unpaired) electrons. The molecule has 4 nitrogen and oxygen atoms in total. The van der Waals surface area contributed by atoms with E-state index in [1.54, 1.807) is 0 Å². The third kappa shape index (κ3) is 2.99. The van der Waals surface area contributed by atoms with Crippen LogP contribution in [0.2, 0.25) is 0 Å². The van der Waals surface area contributed by atoms with Gasteiger partial charge in [-0.3, -0.25) is 0 Å². The molecule has 0 aliphatic rings. The van der Waals surface area contributed by atoms with Gasteiger partial charge in [-0.15, -0.1) is 5.10 Å². The molecule has 0 bridgehead atoms. The van der Waals surface area contributed by atoms with Crippen molar-refractivity contribution in [1.29, 1.82) is 0 Å². The van der Waals surface area contributed by atoms with Crippen molar-refractivity contribution in [3.63, 3.8) is 0 Å². The zero-order valence-electron chi connectivity index (χ0n) is 8.36. The van der Waals surface area contributed by atoms with Crippen LogP contribution < -0.4 is 10.6 Å². The third-order valence-corrected chi connectivity index (χ3v) is 1.74. The zero-order chi connectivity index (χ0) is 9.84. The third-order valence-electron chi connectivity index (χ3n) is 1.74. The minimum atomic E-state index is 0.146. The van der Waals surface area contributed by atoms with Gasteiger partial charge in [0.2, 0.25) is 0 Å². The average Bonchev–Trinajstić information content (AvgIpc) is 2.04. The van der Waals surface area contributed by atoms with Gasteiger partial charge in [0.1, 0.15) is 0 Å². The summed E-state index contributed by atoms with van der Waals surface area (Å²) in [5.74, 6) is 0.864. The lowest BCUT2D eigenvalue weighted by Crippen LogP contribution is -2.33. The lowest BCUT2D eigenvalue weighted by molar-refractivity contribution is 0.706. The van der Waals surface area contributed by atoms with Crippen molar-refractivity contribution in [2.75, 3.05) is 18.5 Å². The van der Waals surface area contributed by atoms with Gasteiger partial charge in [0.05, 0.1) is 5.69 Å². The fourth-order valence-electron chi connectivity index (χ4n) is 1.12. The van der Waals surface area contributed by atoms with Crippen LogP contribution in [-0.4, -0.2) is 29.8 Å². The monoisotopic (exact) mass is 180 g/mol. The lowest BCUT2D eigenvalue weighted by atomic mass is 10.3. The van der Waals surface area contributed by atoms with E-state index in [-0.39, 0.29) is 6.04 Å². The molecule has 0 aliphatic carbocycles. The predicted octanol–water partition coefficient (Wildman–Crippen LogP) is 0.568. The summed E-state index contributed by atoms with van der Waals surface area (Å²) < 4.78 is 0. The van der Waals surface area contributed by atoms with E-state index in [1.165, 1.54) is 0 Å². The summed E-state index contributed by atoms with van der Waals surface area (Å²) in [5, 5.41) is 8.03. The molecule has 1 atom stereocenters.